The second-order valence-electron chi connectivity index (χ2n) is 4.28. The lowest BCUT2D eigenvalue weighted by Gasteiger charge is -2.14. The maximum Gasteiger partial charge on any atom is 0.303 e. The van der Waals surface area contributed by atoms with Gasteiger partial charge < -0.3 is 10.4 Å². The van der Waals surface area contributed by atoms with Crippen molar-refractivity contribution in [3.63, 3.8) is 0 Å². The summed E-state index contributed by atoms with van der Waals surface area (Å²) < 4.78 is 13.6. The molecule has 1 amide bonds. The van der Waals surface area contributed by atoms with Crippen molar-refractivity contribution in [3.05, 3.63) is 34.1 Å². The molecule has 0 bridgehead atoms. The molecule has 0 aliphatic carbocycles. The SMILES string of the molecule is CC(CCCC(=O)O)NC(=O)c1cc(F)ccc1Br. The maximum atomic E-state index is 13.1. The van der Waals surface area contributed by atoms with E-state index in [1.165, 1.54) is 12.1 Å². The molecule has 1 unspecified atom stereocenters. The van der Waals surface area contributed by atoms with Crippen LogP contribution in [0.1, 0.15) is 36.5 Å². The highest BCUT2D eigenvalue weighted by Gasteiger charge is 2.13. The largest absolute Gasteiger partial charge is 0.481 e. The third-order valence-electron chi connectivity index (χ3n) is 2.58. The first kappa shape index (κ1) is 15.6. The average Bonchev–Trinajstić information content (AvgIpc) is 2.31. The zero-order valence-corrected chi connectivity index (χ0v) is 12.0. The van der Waals surface area contributed by atoms with E-state index in [-0.39, 0.29) is 23.9 Å². The van der Waals surface area contributed by atoms with Gasteiger partial charge in [0.1, 0.15) is 5.82 Å². The van der Waals surface area contributed by atoms with Gasteiger partial charge in [0.2, 0.25) is 0 Å². The zero-order chi connectivity index (χ0) is 14.4. The van der Waals surface area contributed by atoms with Gasteiger partial charge in [-0.15, -0.1) is 0 Å². The number of nitrogens with one attached hydrogen (secondary N) is 1. The summed E-state index contributed by atoms with van der Waals surface area (Å²) >= 11 is 3.19. The second-order valence-corrected chi connectivity index (χ2v) is 5.14. The minimum Gasteiger partial charge on any atom is -0.481 e. The number of amides is 1. The van der Waals surface area contributed by atoms with Gasteiger partial charge >= 0.3 is 5.97 Å². The van der Waals surface area contributed by atoms with Crippen molar-refractivity contribution in [1.29, 1.82) is 0 Å². The minimum atomic E-state index is -0.855. The molecule has 0 aliphatic heterocycles. The fourth-order valence-corrected chi connectivity index (χ4v) is 2.03. The van der Waals surface area contributed by atoms with Crippen molar-refractivity contribution in [1.82, 2.24) is 5.32 Å². The predicted molar refractivity (Wildman–Crippen MR) is 72.5 cm³/mol. The van der Waals surface area contributed by atoms with E-state index in [4.69, 9.17) is 5.11 Å². The van der Waals surface area contributed by atoms with Crippen LogP contribution in [-0.4, -0.2) is 23.0 Å². The van der Waals surface area contributed by atoms with Crippen molar-refractivity contribution in [2.24, 2.45) is 0 Å². The van der Waals surface area contributed by atoms with Crippen LogP contribution in [0.3, 0.4) is 0 Å². The molecule has 1 rings (SSSR count). The van der Waals surface area contributed by atoms with Gasteiger partial charge in [0.15, 0.2) is 0 Å². The van der Waals surface area contributed by atoms with Crippen LogP contribution in [-0.2, 0) is 4.79 Å². The number of aliphatic carboxylic acids is 1. The van der Waals surface area contributed by atoms with Gasteiger partial charge in [-0.25, -0.2) is 4.39 Å². The second kappa shape index (κ2) is 7.23. The molecule has 2 N–H and O–H groups in total. The third kappa shape index (κ3) is 5.38. The molecule has 0 aliphatic rings. The maximum absolute atomic E-state index is 13.1. The number of benzene rings is 1. The van der Waals surface area contributed by atoms with E-state index in [0.29, 0.717) is 17.3 Å². The van der Waals surface area contributed by atoms with Crippen molar-refractivity contribution in [2.75, 3.05) is 0 Å². The Labute approximate surface area is 119 Å². The number of rotatable bonds is 6. The lowest BCUT2D eigenvalue weighted by Crippen LogP contribution is -2.32. The molecule has 104 valence electrons. The Bertz CT molecular complexity index is 479. The minimum absolute atomic E-state index is 0.0733. The monoisotopic (exact) mass is 331 g/mol. The summed E-state index contributed by atoms with van der Waals surface area (Å²) in [5, 5.41) is 11.2. The summed E-state index contributed by atoms with van der Waals surface area (Å²) in [7, 11) is 0. The number of carbonyl (C=O) groups excluding carboxylic acids is 1. The number of carbonyl (C=O) groups is 2. The van der Waals surface area contributed by atoms with Gasteiger partial charge in [0, 0.05) is 16.9 Å². The Hall–Kier alpha value is -1.43. The van der Waals surface area contributed by atoms with Crippen LogP contribution < -0.4 is 5.32 Å². The molecule has 1 aromatic carbocycles. The Balaban J connectivity index is 2.54. The topological polar surface area (TPSA) is 66.4 Å². The van der Waals surface area contributed by atoms with E-state index in [2.05, 4.69) is 21.2 Å². The molecule has 0 radical (unpaired) electrons. The van der Waals surface area contributed by atoms with E-state index in [1.807, 2.05) is 0 Å². The van der Waals surface area contributed by atoms with Gasteiger partial charge in [-0.1, -0.05) is 0 Å². The number of hydrogen-bond donors (Lipinski definition) is 2. The summed E-state index contributed by atoms with van der Waals surface area (Å²) in [4.78, 5) is 22.3. The normalized spacial score (nSPS) is 11.9. The fourth-order valence-electron chi connectivity index (χ4n) is 1.60. The molecular formula is C13H15BrFNO3. The highest BCUT2D eigenvalue weighted by molar-refractivity contribution is 9.10. The molecule has 0 saturated carbocycles. The lowest BCUT2D eigenvalue weighted by molar-refractivity contribution is -0.137. The third-order valence-corrected chi connectivity index (χ3v) is 3.27. The summed E-state index contributed by atoms with van der Waals surface area (Å²) in [6, 6.07) is 3.72. The van der Waals surface area contributed by atoms with E-state index in [9.17, 15) is 14.0 Å². The van der Waals surface area contributed by atoms with Crippen LogP contribution >= 0.6 is 15.9 Å². The Morgan fingerprint density at radius 3 is 2.79 bits per heavy atom. The van der Waals surface area contributed by atoms with Crippen LogP contribution in [0.15, 0.2) is 22.7 Å². The molecular weight excluding hydrogens is 317 g/mol. The van der Waals surface area contributed by atoms with Crippen LogP contribution in [0.4, 0.5) is 4.39 Å². The van der Waals surface area contributed by atoms with Crippen LogP contribution in [0.25, 0.3) is 0 Å². The standard InChI is InChI=1S/C13H15BrFNO3/c1-8(3-2-4-12(17)18)16-13(19)10-7-9(15)5-6-11(10)14/h5-8H,2-4H2,1H3,(H,16,19)(H,17,18). The van der Waals surface area contributed by atoms with Crippen molar-refractivity contribution < 1.29 is 19.1 Å². The number of carboxylic acid groups (broad SMARTS) is 1. The smallest absolute Gasteiger partial charge is 0.303 e. The van der Waals surface area contributed by atoms with Crippen LogP contribution in [0, 0.1) is 5.82 Å². The lowest BCUT2D eigenvalue weighted by atomic mass is 10.1. The van der Waals surface area contributed by atoms with Crippen molar-refractivity contribution in [3.8, 4) is 0 Å². The van der Waals surface area contributed by atoms with Gasteiger partial charge in [0.05, 0.1) is 5.56 Å². The van der Waals surface area contributed by atoms with Gasteiger partial charge in [-0.3, -0.25) is 9.59 Å². The molecule has 1 atom stereocenters. The first-order valence-corrected chi connectivity index (χ1v) is 6.67. The molecule has 4 nitrogen and oxygen atoms in total. The molecule has 0 saturated heterocycles. The molecule has 1 aromatic rings. The van der Waals surface area contributed by atoms with Crippen molar-refractivity contribution in [2.45, 2.75) is 32.2 Å². The highest BCUT2D eigenvalue weighted by atomic mass is 79.9. The molecule has 0 fully saturated rings. The molecule has 19 heavy (non-hydrogen) atoms. The van der Waals surface area contributed by atoms with Gasteiger partial charge in [-0.2, -0.15) is 0 Å². The summed E-state index contributed by atoms with van der Waals surface area (Å²) in [5.74, 6) is -1.72. The Morgan fingerprint density at radius 1 is 1.47 bits per heavy atom. The first-order valence-electron chi connectivity index (χ1n) is 5.88. The molecule has 0 aromatic heterocycles. The molecule has 6 heteroatoms. The quantitative estimate of drug-likeness (QED) is 0.842. The fraction of sp³-hybridized carbons (Fsp3) is 0.385. The number of halogens is 2. The van der Waals surface area contributed by atoms with Crippen molar-refractivity contribution >= 4 is 27.8 Å². The Morgan fingerprint density at radius 2 is 2.16 bits per heavy atom. The molecule has 0 spiro atoms. The highest BCUT2D eigenvalue weighted by Crippen LogP contribution is 2.18. The Kier molecular flexibility index (Phi) is 5.95. The summed E-state index contributed by atoms with van der Waals surface area (Å²) in [6.45, 7) is 1.78. The average molecular weight is 332 g/mol. The first-order chi connectivity index (χ1) is 8.90. The summed E-state index contributed by atoms with van der Waals surface area (Å²) in [6.07, 6.45) is 1.12. The van der Waals surface area contributed by atoms with Gasteiger partial charge in [0.25, 0.3) is 5.91 Å². The summed E-state index contributed by atoms with van der Waals surface area (Å²) in [5.41, 5.74) is 0.227. The van der Waals surface area contributed by atoms with Crippen LogP contribution in [0.2, 0.25) is 0 Å². The van der Waals surface area contributed by atoms with E-state index in [1.54, 1.807) is 6.92 Å². The molecule has 0 heterocycles. The van der Waals surface area contributed by atoms with E-state index >= 15 is 0 Å². The zero-order valence-electron chi connectivity index (χ0n) is 10.5. The van der Waals surface area contributed by atoms with E-state index < -0.39 is 11.8 Å². The predicted octanol–water partition coefficient (Wildman–Crippen LogP) is 2.96. The van der Waals surface area contributed by atoms with E-state index in [0.717, 1.165) is 6.07 Å². The van der Waals surface area contributed by atoms with Gasteiger partial charge in [-0.05, 0) is 53.9 Å². The number of carboxylic acids is 1. The number of hydrogen-bond acceptors (Lipinski definition) is 2. The van der Waals surface area contributed by atoms with Crippen LogP contribution in [0.5, 0.6) is 0 Å².